The van der Waals surface area contributed by atoms with E-state index in [0.29, 0.717) is 0 Å². The van der Waals surface area contributed by atoms with Crippen LogP contribution >= 0.6 is 15.9 Å². The van der Waals surface area contributed by atoms with Crippen molar-refractivity contribution in [2.45, 2.75) is 20.0 Å². The maximum atomic E-state index is 3.65. The first kappa shape index (κ1) is 15.7. The standard InChI is InChI=1S/C19H23BrN2/c1-16-6-2-3-7-17(16)14-21-10-12-22(13-11-21)15-18-8-4-5-9-19(18)20/h2-9H,10-15H2,1H3. The Labute approximate surface area is 141 Å². The summed E-state index contributed by atoms with van der Waals surface area (Å²) in [7, 11) is 0. The van der Waals surface area contributed by atoms with Gasteiger partial charge in [0, 0.05) is 43.7 Å². The van der Waals surface area contributed by atoms with Crippen molar-refractivity contribution in [1.29, 1.82) is 0 Å². The molecule has 3 rings (SSSR count). The summed E-state index contributed by atoms with van der Waals surface area (Å²) < 4.78 is 1.22. The third-order valence-electron chi connectivity index (χ3n) is 4.47. The van der Waals surface area contributed by atoms with Crippen LogP contribution in [0.5, 0.6) is 0 Å². The van der Waals surface area contributed by atoms with Crippen molar-refractivity contribution in [3.63, 3.8) is 0 Å². The maximum absolute atomic E-state index is 3.65. The third-order valence-corrected chi connectivity index (χ3v) is 5.25. The topological polar surface area (TPSA) is 6.48 Å². The van der Waals surface area contributed by atoms with E-state index >= 15 is 0 Å². The van der Waals surface area contributed by atoms with Crippen LogP contribution < -0.4 is 0 Å². The van der Waals surface area contributed by atoms with E-state index < -0.39 is 0 Å². The van der Waals surface area contributed by atoms with Gasteiger partial charge >= 0.3 is 0 Å². The van der Waals surface area contributed by atoms with E-state index in [1.807, 2.05) is 0 Å². The lowest BCUT2D eigenvalue weighted by molar-refractivity contribution is 0.121. The molecule has 0 N–H and O–H groups in total. The fourth-order valence-electron chi connectivity index (χ4n) is 3.00. The Hall–Kier alpha value is -1.16. The van der Waals surface area contributed by atoms with Crippen LogP contribution in [-0.2, 0) is 13.1 Å². The Morgan fingerprint density at radius 1 is 0.773 bits per heavy atom. The number of aryl methyl sites for hydroxylation is 1. The minimum atomic E-state index is 1.04. The minimum absolute atomic E-state index is 1.04. The second-order valence-electron chi connectivity index (χ2n) is 6.07. The average Bonchev–Trinajstić information content (AvgIpc) is 2.54. The van der Waals surface area contributed by atoms with Gasteiger partial charge in [0.2, 0.25) is 0 Å². The van der Waals surface area contributed by atoms with Crippen molar-refractivity contribution in [1.82, 2.24) is 9.80 Å². The van der Waals surface area contributed by atoms with E-state index in [-0.39, 0.29) is 0 Å². The molecule has 0 unspecified atom stereocenters. The lowest BCUT2D eigenvalue weighted by Crippen LogP contribution is -2.45. The fraction of sp³-hybridized carbons (Fsp3) is 0.368. The summed E-state index contributed by atoms with van der Waals surface area (Å²) in [6.07, 6.45) is 0. The van der Waals surface area contributed by atoms with Gasteiger partial charge in [0.25, 0.3) is 0 Å². The monoisotopic (exact) mass is 358 g/mol. The molecular formula is C19H23BrN2. The molecule has 2 nitrogen and oxygen atoms in total. The van der Waals surface area contributed by atoms with Crippen LogP contribution in [0.2, 0.25) is 0 Å². The van der Waals surface area contributed by atoms with Crippen molar-refractivity contribution in [3.05, 3.63) is 69.7 Å². The first-order chi connectivity index (χ1) is 10.7. The Bertz CT molecular complexity index is 563. The minimum Gasteiger partial charge on any atom is -0.297 e. The second kappa shape index (κ2) is 7.40. The highest BCUT2D eigenvalue weighted by Crippen LogP contribution is 2.19. The van der Waals surface area contributed by atoms with E-state index in [1.54, 1.807) is 0 Å². The van der Waals surface area contributed by atoms with Crippen LogP contribution in [0.3, 0.4) is 0 Å². The Kier molecular flexibility index (Phi) is 5.29. The highest BCUT2D eigenvalue weighted by molar-refractivity contribution is 9.10. The van der Waals surface area contributed by atoms with Crippen LogP contribution in [0.15, 0.2) is 53.0 Å². The summed E-state index contributed by atoms with van der Waals surface area (Å²) in [5.41, 5.74) is 4.25. The maximum Gasteiger partial charge on any atom is 0.0246 e. The van der Waals surface area contributed by atoms with Crippen molar-refractivity contribution in [2.75, 3.05) is 26.2 Å². The molecule has 1 aliphatic rings. The van der Waals surface area contributed by atoms with E-state index in [2.05, 4.69) is 81.2 Å². The molecule has 0 spiro atoms. The molecule has 0 aromatic heterocycles. The Morgan fingerprint density at radius 2 is 1.27 bits per heavy atom. The lowest BCUT2D eigenvalue weighted by Gasteiger charge is -2.35. The van der Waals surface area contributed by atoms with Crippen LogP contribution in [-0.4, -0.2) is 36.0 Å². The zero-order valence-electron chi connectivity index (χ0n) is 13.1. The molecule has 0 aliphatic carbocycles. The number of hydrogen-bond acceptors (Lipinski definition) is 2. The average molecular weight is 359 g/mol. The summed E-state index contributed by atoms with van der Waals surface area (Å²) in [4.78, 5) is 5.12. The molecule has 1 aliphatic heterocycles. The first-order valence-electron chi connectivity index (χ1n) is 7.95. The quantitative estimate of drug-likeness (QED) is 0.812. The first-order valence-corrected chi connectivity index (χ1v) is 8.74. The number of piperazine rings is 1. The van der Waals surface area contributed by atoms with Crippen LogP contribution in [0.25, 0.3) is 0 Å². The van der Waals surface area contributed by atoms with Gasteiger partial charge in [-0.25, -0.2) is 0 Å². The summed E-state index contributed by atoms with van der Waals surface area (Å²) >= 11 is 3.65. The van der Waals surface area contributed by atoms with Crippen LogP contribution in [0, 0.1) is 6.92 Å². The normalized spacial score (nSPS) is 16.8. The van der Waals surface area contributed by atoms with Crippen molar-refractivity contribution in [2.24, 2.45) is 0 Å². The smallest absolute Gasteiger partial charge is 0.0246 e. The van der Waals surface area contributed by atoms with Gasteiger partial charge in [-0.05, 0) is 29.7 Å². The van der Waals surface area contributed by atoms with Gasteiger partial charge in [-0.15, -0.1) is 0 Å². The van der Waals surface area contributed by atoms with Gasteiger partial charge in [0.05, 0.1) is 0 Å². The molecule has 1 heterocycles. The second-order valence-corrected chi connectivity index (χ2v) is 6.92. The van der Waals surface area contributed by atoms with Crippen molar-refractivity contribution in [3.8, 4) is 0 Å². The summed E-state index contributed by atoms with van der Waals surface area (Å²) in [5.74, 6) is 0. The zero-order valence-corrected chi connectivity index (χ0v) is 14.7. The lowest BCUT2D eigenvalue weighted by atomic mass is 10.1. The molecule has 2 aromatic carbocycles. The van der Waals surface area contributed by atoms with E-state index in [9.17, 15) is 0 Å². The number of halogens is 1. The predicted octanol–water partition coefficient (Wildman–Crippen LogP) is 4.08. The number of benzene rings is 2. The summed E-state index contributed by atoms with van der Waals surface area (Å²) in [6, 6.07) is 17.3. The van der Waals surface area contributed by atoms with Crippen molar-refractivity contribution < 1.29 is 0 Å². The number of hydrogen-bond donors (Lipinski definition) is 0. The SMILES string of the molecule is Cc1ccccc1CN1CCN(Cc2ccccc2Br)CC1. The molecule has 0 atom stereocenters. The molecule has 22 heavy (non-hydrogen) atoms. The molecule has 0 bridgehead atoms. The molecule has 3 heteroatoms. The molecule has 0 radical (unpaired) electrons. The zero-order chi connectivity index (χ0) is 15.4. The molecule has 2 aromatic rings. The number of rotatable bonds is 4. The largest absolute Gasteiger partial charge is 0.297 e. The van der Waals surface area contributed by atoms with E-state index in [1.165, 1.54) is 21.2 Å². The van der Waals surface area contributed by atoms with E-state index in [0.717, 1.165) is 39.3 Å². The fourth-order valence-corrected chi connectivity index (χ4v) is 3.41. The Morgan fingerprint density at radius 3 is 1.86 bits per heavy atom. The number of nitrogens with zero attached hydrogens (tertiary/aromatic N) is 2. The molecule has 1 fully saturated rings. The van der Waals surface area contributed by atoms with Gasteiger partial charge in [-0.2, -0.15) is 0 Å². The van der Waals surface area contributed by atoms with Gasteiger partial charge in [0.1, 0.15) is 0 Å². The third kappa shape index (κ3) is 3.97. The molecule has 0 saturated carbocycles. The molecule has 116 valence electrons. The van der Waals surface area contributed by atoms with E-state index in [4.69, 9.17) is 0 Å². The Balaban J connectivity index is 1.52. The predicted molar refractivity (Wildman–Crippen MR) is 95.9 cm³/mol. The summed E-state index contributed by atoms with van der Waals surface area (Å²) in [5, 5.41) is 0. The van der Waals surface area contributed by atoms with Gasteiger partial charge in [0.15, 0.2) is 0 Å². The summed E-state index contributed by atoms with van der Waals surface area (Å²) in [6.45, 7) is 8.92. The molecule has 0 amide bonds. The molecular weight excluding hydrogens is 336 g/mol. The highest BCUT2D eigenvalue weighted by atomic mass is 79.9. The molecule has 1 saturated heterocycles. The van der Waals surface area contributed by atoms with Gasteiger partial charge in [-0.3, -0.25) is 9.80 Å². The van der Waals surface area contributed by atoms with Crippen LogP contribution in [0.1, 0.15) is 16.7 Å². The van der Waals surface area contributed by atoms with Gasteiger partial charge < -0.3 is 0 Å². The van der Waals surface area contributed by atoms with Gasteiger partial charge in [-0.1, -0.05) is 58.4 Å². The highest BCUT2D eigenvalue weighted by Gasteiger charge is 2.18. The van der Waals surface area contributed by atoms with Crippen molar-refractivity contribution >= 4 is 15.9 Å². The van der Waals surface area contributed by atoms with Crippen LogP contribution in [0.4, 0.5) is 0 Å².